The molecule has 0 radical (unpaired) electrons. The second kappa shape index (κ2) is 6.02. The van der Waals surface area contributed by atoms with Gasteiger partial charge in [0.2, 0.25) is 0 Å². The highest BCUT2D eigenvalue weighted by atomic mass is 19.1. The van der Waals surface area contributed by atoms with Gasteiger partial charge in [0.05, 0.1) is 11.7 Å². The maximum absolute atomic E-state index is 13.1. The van der Waals surface area contributed by atoms with Crippen LogP contribution >= 0.6 is 0 Å². The SMILES string of the molecule is CCOC1CCN(C(=O)c2cc(F)ccc2O)CC1. The van der Waals surface area contributed by atoms with Crippen molar-refractivity contribution in [2.24, 2.45) is 0 Å². The lowest BCUT2D eigenvalue weighted by Gasteiger charge is -2.31. The van der Waals surface area contributed by atoms with Crippen molar-refractivity contribution in [1.29, 1.82) is 0 Å². The molecule has 0 atom stereocenters. The van der Waals surface area contributed by atoms with Crippen LogP contribution < -0.4 is 0 Å². The first kappa shape index (κ1) is 13.8. The molecule has 0 aliphatic carbocycles. The van der Waals surface area contributed by atoms with Gasteiger partial charge < -0.3 is 14.7 Å². The average molecular weight is 267 g/mol. The Kier molecular flexibility index (Phi) is 4.37. The quantitative estimate of drug-likeness (QED) is 0.913. The third-order valence-corrected chi connectivity index (χ3v) is 3.32. The number of phenols is 1. The van der Waals surface area contributed by atoms with Gasteiger partial charge in [0.25, 0.3) is 5.91 Å². The predicted octanol–water partition coefficient (Wildman–Crippen LogP) is 2.17. The zero-order valence-electron chi connectivity index (χ0n) is 10.9. The van der Waals surface area contributed by atoms with E-state index in [1.807, 2.05) is 6.92 Å². The van der Waals surface area contributed by atoms with E-state index in [1.54, 1.807) is 4.90 Å². The fourth-order valence-electron chi connectivity index (χ4n) is 2.31. The zero-order valence-corrected chi connectivity index (χ0v) is 10.9. The summed E-state index contributed by atoms with van der Waals surface area (Å²) in [4.78, 5) is 13.8. The highest BCUT2D eigenvalue weighted by Gasteiger charge is 2.25. The second-order valence-electron chi connectivity index (χ2n) is 4.61. The molecule has 1 amide bonds. The number of nitrogens with zero attached hydrogens (tertiary/aromatic N) is 1. The van der Waals surface area contributed by atoms with E-state index in [0.29, 0.717) is 19.7 Å². The Balaban J connectivity index is 2.03. The van der Waals surface area contributed by atoms with Crippen LogP contribution in [0.3, 0.4) is 0 Å². The van der Waals surface area contributed by atoms with E-state index in [0.717, 1.165) is 25.0 Å². The lowest BCUT2D eigenvalue weighted by Crippen LogP contribution is -2.40. The molecule has 1 N–H and O–H groups in total. The van der Waals surface area contributed by atoms with Crippen LogP contribution in [0.4, 0.5) is 4.39 Å². The molecule has 4 nitrogen and oxygen atoms in total. The molecule has 0 spiro atoms. The number of halogens is 1. The number of carbonyl (C=O) groups is 1. The number of carbonyl (C=O) groups excluding carboxylic acids is 1. The summed E-state index contributed by atoms with van der Waals surface area (Å²) in [6.07, 6.45) is 1.74. The fourth-order valence-corrected chi connectivity index (χ4v) is 2.31. The van der Waals surface area contributed by atoms with Gasteiger partial charge in [-0.3, -0.25) is 4.79 Å². The second-order valence-corrected chi connectivity index (χ2v) is 4.61. The number of piperidine rings is 1. The molecular weight excluding hydrogens is 249 g/mol. The molecule has 0 bridgehead atoms. The molecular formula is C14H18FNO3. The molecule has 0 unspecified atom stereocenters. The first-order chi connectivity index (χ1) is 9.11. The van der Waals surface area contributed by atoms with Crippen LogP contribution in [0, 0.1) is 5.82 Å². The Morgan fingerprint density at radius 1 is 1.47 bits per heavy atom. The van der Waals surface area contributed by atoms with Crippen molar-refractivity contribution in [1.82, 2.24) is 4.90 Å². The summed E-state index contributed by atoms with van der Waals surface area (Å²) < 4.78 is 18.6. The summed E-state index contributed by atoms with van der Waals surface area (Å²) in [5.74, 6) is -1.03. The Bertz CT molecular complexity index is 456. The van der Waals surface area contributed by atoms with E-state index in [1.165, 1.54) is 6.07 Å². The van der Waals surface area contributed by atoms with Crippen LogP contribution in [-0.4, -0.2) is 41.7 Å². The summed E-state index contributed by atoms with van der Waals surface area (Å²) in [7, 11) is 0. The Morgan fingerprint density at radius 3 is 2.79 bits per heavy atom. The number of rotatable bonds is 3. The first-order valence-electron chi connectivity index (χ1n) is 6.51. The van der Waals surface area contributed by atoms with Crippen LogP contribution in [0.1, 0.15) is 30.1 Å². The van der Waals surface area contributed by atoms with Gasteiger partial charge >= 0.3 is 0 Å². The van der Waals surface area contributed by atoms with Crippen molar-refractivity contribution in [2.75, 3.05) is 19.7 Å². The minimum absolute atomic E-state index is 0.0230. The molecule has 5 heteroatoms. The van der Waals surface area contributed by atoms with Gasteiger partial charge in [-0.2, -0.15) is 0 Å². The maximum atomic E-state index is 13.1. The average Bonchev–Trinajstić information content (AvgIpc) is 2.42. The molecule has 2 rings (SSSR count). The topological polar surface area (TPSA) is 49.8 Å². The third kappa shape index (κ3) is 3.23. The van der Waals surface area contributed by atoms with E-state index >= 15 is 0 Å². The smallest absolute Gasteiger partial charge is 0.257 e. The molecule has 1 aromatic carbocycles. The van der Waals surface area contributed by atoms with Gasteiger partial charge in [-0.25, -0.2) is 4.39 Å². The number of amides is 1. The lowest BCUT2D eigenvalue weighted by atomic mass is 10.1. The Morgan fingerprint density at radius 2 is 2.16 bits per heavy atom. The molecule has 1 fully saturated rings. The Labute approximate surface area is 111 Å². The molecule has 1 aromatic rings. The first-order valence-corrected chi connectivity index (χ1v) is 6.51. The van der Waals surface area contributed by atoms with Gasteiger partial charge in [0, 0.05) is 19.7 Å². The highest BCUT2D eigenvalue weighted by molar-refractivity contribution is 5.96. The van der Waals surface area contributed by atoms with Crippen LogP contribution in [0.2, 0.25) is 0 Å². The number of aromatic hydroxyl groups is 1. The lowest BCUT2D eigenvalue weighted by molar-refractivity contribution is 0.0145. The number of benzene rings is 1. The van der Waals surface area contributed by atoms with Gasteiger partial charge in [-0.15, -0.1) is 0 Å². The van der Waals surface area contributed by atoms with Crippen molar-refractivity contribution in [3.63, 3.8) is 0 Å². The predicted molar refractivity (Wildman–Crippen MR) is 68.6 cm³/mol. The number of ether oxygens (including phenoxy) is 1. The number of hydrogen-bond acceptors (Lipinski definition) is 3. The van der Waals surface area contributed by atoms with Crippen molar-refractivity contribution in [3.8, 4) is 5.75 Å². The summed E-state index contributed by atoms with van der Waals surface area (Å²) in [5, 5.41) is 9.63. The van der Waals surface area contributed by atoms with Crippen molar-refractivity contribution >= 4 is 5.91 Å². The molecule has 19 heavy (non-hydrogen) atoms. The monoisotopic (exact) mass is 267 g/mol. The summed E-state index contributed by atoms with van der Waals surface area (Å²) in [6, 6.07) is 3.41. The third-order valence-electron chi connectivity index (χ3n) is 3.32. The minimum atomic E-state index is -0.523. The van der Waals surface area contributed by atoms with Crippen molar-refractivity contribution in [3.05, 3.63) is 29.6 Å². The number of hydrogen-bond donors (Lipinski definition) is 1. The van der Waals surface area contributed by atoms with Crippen LogP contribution in [0.5, 0.6) is 5.75 Å². The van der Waals surface area contributed by atoms with E-state index in [-0.39, 0.29) is 23.3 Å². The van der Waals surface area contributed by atoms with E-state index in [9.17, 15) is 14.3 Å². The van der Waals surface area contributed by atoms with Crippen LogP contribution in [-0.2, 0) is 4.74 Å². The van der Waals surface area contributed by atoms with E-state index < -0.39 is 5.82 Å². The van der Waals surface area contributed by atoms with Crippen LogP contribution in [0.25, 0.3) is 0 Å². The molecule has 1 saturated heterocycles. The highest BCUT2D eigenvalue weighted by Crippen LogP contribution is 2.22. The molecule has 0 aromatic heterocycles. The minimum Gasteiger partial charge on any atom is -0.507 e. The Hall–Kier alpha value is -1.62. The molecule has 104 valence electrons. The molecule has 1 heterocycles. The summed E-state index contributed by atoms with van der Waals surface area (Å²) in [6.45, 7) is 3.75. The molecule has 0 saturated carbocycles. The normalized spacial score (nSPS) is 16.6. The van der Waals surface area contributed by atoms with Crippen LogP contribution in [0.15, 0.2) is 18.2 Å². The van der Waals surface area contributed by atoms with Gasteiger partial charge in [0.1, 0.15) is 11.6 Å². The van der Waals surface area contributed by atoms with E-state index in [2.05, 4.69) is 0 Å². The van der Waals surface area contributed by atoms with E-state index in [4.69, 9.17) is 4.74 Å². The number of phenolic OH excluding ortho intramolecular Hbond substituents is 1. The van der Waals surface area contributed by atoms with Crippen molar-refractivity contribution < 1.29 is 19.0 Å². The molecule has 1 aliphatic heterocycles. The largest absolute Gasteiger partial charge is 0.507 e. The van der Waals surface area contributed by atoms with Gasteiger partial charge in [-0.1, -0.05) is 0 Å². The maximum Gasteiger partial charge on any atom is 0.257 e. The molecule has 1 aliphatic rings. The zero-order chi connectivity index (χ0) is 13.8. The summed E-state index contributed by atoms with van der Waals surface area (Å²) >= 11 is 0. The standard InChI is InChI=1S/C14H18FNO3/c1-2-19-11-5-7-16(8-6-11)14(18)12-9-10(15)3-4-13(12)17/h3-4,9,11,17H,2,5-8H2,1H3. The fraction of sp³-hybridized carbons (Fsp3) is 0.500. The number of likely N-dealkylation sites (tertiary alicyclic amines) is 1. The van der Waals surface area contributed by atoms with Crippen molar-refractivity contribution in [2.45, 2.75) is 25.9 Å². The van der Waals surface area contributed by atoms with Gasteiger partial charge in [0.15, 0.2) is 0 Å². The summed E-state index contributed by atoms with van der Waals surface area (Å²) in [5.41, 5.74) is 0.0230. The van der Waals surface area contributed by atoms with Gasteiger partial charge in [-0.05, 0) is 38.0 Å².